The van der Waals surface area contributed by atoms with Gasteiger partial charge < -0.3 is 10.4 Å². The van der Waals surface area contributed by atoms with Crippen LogP contribution in [-0.2, 0) is 4.79 Å². The maximum Gasteiger partial charge on any atom is 0.240 e. The number of amides is 1. The van der Waals surface area contributed by atoms with Crippen molar-refractivity contribution in [1.82, 2.24) is 5.32 Å². The van der Waals surface area contributed by atoms with Crippen molar-refractivity contribution in [2.75, 3.05) is 13.2 Å². The van der Waals surface area contributed by atoms with Gasteiger partial charge in [-0.1, -0.05) is 19.8 Å². The molecule has 1 saturated carbocycles. The second kappa shape index (κ2) is 5.50. The predicted octanol–water partition coefficient (Wildman–Crippen LogP) is 1.60. The van der Waals surface area contributed by atoms with Gasteiger partial charge in [0.25, 0.3) is 0 Å². The quantitative estimate of drug-likeness (QED) is 0.764. The molecule has 0 spiro atoms. The Bertz CT molecular complexity index is 316. The molecule has 0 aromatic rings. The summed E-state index contributed by atoms with van der Waals surface area (Å²) in [6.07, 6.45) is 4.64. The highest BCUT2D eigenvalue weighted by Gasteiger charge is 2.36. The van der Waals surface area contributed by atoms with Gasteiger partial charge in [0.2, 0.25) is 5.91 Å². The van der Waals surface area contributed by atoms with E-state index >= 15 is 0 Å². The fourth-order valence-electron chi connectivity index (χ4n) is 2.27. The first-order valence-corrected chi connectivity index (χ1v) is 6.32. The first-order chi connectivity index (χ1) is 8.02. The molecule has 1 aliphatic rings. The van der Waals surface area contributed by atoms with Gasteiger partial charge in [0, 0.05) is 12.0 Å². The van der Waals surface area contributed by atoms with Gasteiger partial charge >= 0.3 is 0 Å². The van der Waals surface area contributed by atoms with Gasteiger partial charge in [-0.15, -0.1) is 0 Å². The van der Waals surface area contributed by atoms with Crippen LogP contribution in [0.5, 0.6) is 0 Å². The van der Waals surface area contributed by atoms with Crippen LogP contribution in [0.1, 0.15) is 46.0 Å². The Hall–Kier alpha value is -1.08. The molecule has 1 fully saturated rings. The minimum absolute atomic E-state index is 0.114. The lowest BCUT2D eigenvalue weighted by molar-refractivity contribution is -0.128. The van der Waals surface area contributed by atoms with Gasteiger partial charge in [-0.05, 0) is 26.2 Å². The topological polar surface area (TPSA) is 73.1 Å². The monoisotopic (exact) mass is 238 g/mol. The third-order valence-electron chi connectivity index (χ3n) is 4.08. The SMILES string of the molecule is CCC(C)(C#N)C(=O)NCC1(CO)CCCC1. The van der Waals surface area contributed by atoms with Crippen molar-refractivity contribution < 1.29 is 9.90 Å². The van der Waals surface area contributed by atoms with Crippen LogP contribution >= 0.6 is 0 Å². The van der Waals surface area contributed by atoms with Gasteiger partial charge in [0.1, 0.15) is 5.41 Å². The zero-order valence-corrected chi connectivity index (χ0v) is 10.8. The number of hydrogen-bond donors (Lipinski definition) is 2. The van der Waals surface area contributed by atoms with Crippen molar-refractivity contribution in [3.05, 3.63) is 0 Å². The number of nitrogens with one attached hydrogen (secondary N) is 1. The first-order valence-electron chi connectivity index (χ1n) is 6.32. The number of nitriles is 1. The van der Waals surface area contributed by atoms with Crippen molar-refractivity contribution in [3.8, 4) is 6.07 Å². The Morgan fingerprint density at radius 1 is 1.53 bits per heavy atom. The van der Waals surface area contributed by atoms with E-state index in [4.69, 9.17) is 5.26 Å². The molecule has 0 aromatic carbocycles. The molecule has 1 unspecified atom stereocenters. The number of hydrogen-bond acceptors (Lipinski definition) is 3. The van der Waals surface area contributed by atoms with Crippen LogP contribution in [-0.4, -0.2) is 24.2 Å². The minimum atomic E-state index is -0.949. The van der Waals surface area contributed by atoms with E-state index in [-0.39, 0.29) is 17.9 Å². The molecule has 17 heavy (non-hydrogen) atoms. The molecule has 0 radical (unpaired) electrons. The molecule has 4 nitrogen and oxygen atoms in total. The van der Waals surface area contributed by atoms with Crippen molar-refractivity contribution in [3.63, 3.8) is 0 Å². The van der Waals surface area contributed by atoms with Crippen molar-refractivity contribution in [1.29, 1.82) is 5.26 Å². The third kappa shape index (κ3) is 2.98. The van der Waals surface area contributed by atoms with Gasteiger partial charge in [-0.3, -0.25) is 4.79 Å². The summed E-state index contributed by atoms with van der Waals surface area (Å²) in [5.74, 6) is -0.220. The second-order valence-corrected chi connectivity index (χ2v) is 5.35. The standard InChI is InChI=1S/C13H22N2O2/c1-3-12(2,8-14)11(17)15-9-13(10-16)6-4-5-7-13/h16H,3-7,9-10H2,1-2H3,(H,15,17). The molecule has 1 aliphatic carbocycles. The molecular formula is C13H22N2O2. The Labute approximate surface area is 103 Å². The van der Waals surface area contributed by atoms with Crippen LogP contribution in [0.25, 0.3) is 0 Å². The van der Waals surface area contributed by atoms with Crippen LogP contribution in [0, 0.1) is 22.2 Å². The molecular weight excluding hydrogens is 216 g/mol. The lowest BCUT2D eigenvalue weighted by Crippen LogP contribution is -2.44. The lowest BCUT2D eigenvalue weighted by atomic mass is 9.85. The van der Waals surface area contributed by atoms with E-state index in [1.165, 1.54) is 0 Å². The molecule has 0 aliphatic heterocycles. The molecule has 0 aromatic heterocycles. The Balaban J connectivity index is 2.56. The Morgan fingerprint density at radius 3 is 2.53 bits per heavy atom. The zero-order valence-electron chi connectivity index (χ0n) is 10.8. The summed E-state index contributed by atoms with van der Waals surface area (Å²) in [5, 5.41) is 21.3. The minimum Gasteiger partial charge on any atom is -0.396 e. The normalized spacial score (nSPS) is 21.5. The summed E-state index contributed by atoms with van der Waals surface area (Å²) in [5.41, 5.74) is -1.10. The van der Waals surface area contributed by atoms with E-state index < -0.39 is 5.41 Å². The summed E-state index contributed by atoms with van der Waals surface area (Å²) >= 11 is 0. The van der Waals surface area contributed by atoms with E-state index in [1.807, 2.05) is 6.92 Å². The summed E-state index contributed by atoms with van der Waals surface area (Å²) < 4.78 is 0. The maximum atomic E-state index is 11.9. The van der Waals surface area contributed by atoms with E-state index in [2.05, 4.69) is 11.4 Å². The molecule has 1 atom stereocenters. The smallest absolute Gasteiger partial charge is 0.240 e. The van der Waals surface area contributed by atoms with Crippen molar-refractivity contribution in [2.24, 2.45) is 10.8 Å². The fraction of sp³-hybridized carbons (Fsp3) is 0.846. The summed E-state index contributed by atoms with van der Waals surface area (Å²) in [7, 11) is 0. The number of nitrogens with zero attached hydrogens (tertiary/aromatic N) is 1. The molecule has 1 amide bonds. The van der Waals surface area contributed by atoms with Gasteiger partial charge in [-0.2, -0.15) is 5.26 Å². The molecule has 0 heterocycles. The number of carbonyl (C=O) groups excluding carboxylic acids is 1. The summed E-state index contributed by atoms with van der Waals surface area (Å²) in [4.78, 5) is 11.9. The highest BCUT2D eigenvalue weighted by Crippen LogP contribution is 2.37. The summed E-state index contributed by atoms with van der Waals surface area (Å²) in [6.45, 7) is 4.09. The van der Waals surface area contributed by atoms with Gasteiger partial charge in [-0.25, -0.2) is 0 Å². The van der Waals surface area contributed by atoms with E-state index in [0.29, 0.717) is 13.0 Å². The molecule has 0 bridgehead atoms. The van der Waals surface area contributed by atoms with Crippen LogP contribution in [0.15, 0.2) is 0 Å². The predicted molar refractivity (Wildman–Crippen MR) is 65.0 cm³/mol. The highest BCUT2D eigenvalue weighted by molar-refractivity contribution is 5.84. The zero-order chi connectivity index (χ0) is 12.9. The molecule has 4 heteroatoms. The number of aliphatic hydroxyl groups is 1. The highest BCUT2D eigenvalue weighted by atomic mass is 16.3. The lowest BCUT2D eigenvalue weighted by Gasteiger charge is -2.28. The van der Waals surface area contributed by atoms with E-state index in [0.717, 1.165) is 25.7 Å². The third-order valence-corrected chi connectivity index (χ3v) is 4.08. The number of carbonyl (C=O) groups is 1. The van der Waals surface area contributed by atoms with Crippen LogP contribution in [0.2, 0.25) is 0 Å². The van der Waals surface area contributed by atoms with Crippen LogP contribution in [0.4, 0.5) is 0 Å². The second-order valence-electron chi connectivity index (χ2n) is 5.35. The van der Waals surface area contributed by atoms with E-state index in [1.54, 1.807) is 6.92 Å². The fourth-order valence-corrected chi connectivity index (χ4v) is 2.27. The van der Waals surface area contributed by atoms with Gasteiger partial charge in [0.15, 0.2) is 0 Å². The average Bonchev–Trinajstić information content (AvgIpc) is 2.84. The van der Waals surface area contributed by atoms with Crippen molar-refractivity contribution in [2.45, 2.75) is 46.0 Å². The van der Waals surface area contributed by atoms with E-state index in [9.17, 15) is 9.90 Å². The molecule has 96 valence electrons. The summed E-state index contributed by atoms with van der Waals surface area (Å²) in [6, 6.07) is 2.06. The molecule has 1 rings (SSSR count). The number of rotatable bonds is 5. The number of aliphatic hydroxyl groups excluding tert-OH is 1. The average molecular weight is 238 g/mol. The first kappa shape index (κ1) is 14.0. The van der Waals surface area contributed by atoms with Gasteiger partial charge in [0.05, 0.1) is 12.7 Å². The van der Waals surface area contributed by atoms with Crippen molar-refractivity contribution >= 4 is 5.91 Å². The Kier molecular flexibility index (Phi) is 4.53. The largest absolute Gasteiger partial charge is 0.396 e. The Morgan fingerprint density at radius 2 is 2.12 bits per heavy atom. The van der Waals surface area contributed by atoms with Crippen LogP contribution in [0.3, 0.4) is 0 Å². The maximum absolute atomic E-state index is 11.9. The molecule has 2 N–H and O–H groups in total. The van der Waals surface area contributed by atoms with Crippen LogP contribution < -0.4 is 5.32 Å². The molecule has 0 saturated heterocycles.